The van der Waals surface area contributed by atoms with Gasteiger partial charge in [-0.2, -0.15) is 0 Å². The quantitative estimate of drug-likeness (QED) is 0.673. The average molecular weight is 213 g/mol. The SMILES string of the molecule is CC(=CC(=O)O)CNC(C)C1CCCO1. The van der Waals surface area contributed by atoms with E-state index < -0.39 is 5.97 Å². The summed E-state index contributed by atoms with van der Waals surface area (Å²) in [6, 6.07) is 0.282. The molecule has 1 saturated heterocycles. The van der Waals surface area contributed by atoms with E-state index in [9.17, 15) is 4.79 Å². The third-order valence-corrected chi connectivity index (χ3v) is 2.60. The van der Waals surface area contributed by atoms with Crippen LogP contribution in [0.5, 0.6) is 0 Å². The Labute approximate surface area is 90.3 Å². The molecule has 2 N–H and O–H groups in total. The van der Waals surface area contributed by atoms with Crippen molar-refractivity contribution in [3.05, 3.63) is 11.6 Å². The number of carboxylic acid groups (broad SMARTS) is 1. The zero-order chi connectivity index (χ0) is 11.3. The van der Waals surface area contributed by atoms with E-state index in [1.165, 1.54) is 6.08 Å². The fourth-order valence-corrected chi connectivity index (χ4v) is 1.71. The topological polar surface area (TPSA) is 58.6 Å². The Morgan fingerprint density at radius 2 is 2.47 bits per heavy atom. The molecule has 1 heterocycles. The number of ether oxygens (including phenoxy) is 1. The van der Waals surface area contributed by atoms with Gasteiger partial charge in [0.25, 0.3) is 0 Å². The Morgan fingerprint density at radius 1 is 1.73 bits per heavy atom. The molecule has 1 rings (SSSR count). The van der Waals surface area contributed by atoms with Crippen LogP contribution in [0.25, 0.3) is 0 Å². The van der Waals surface area contributed by atoms with Crippen molar-refractivity contribution < 1.29 is 14.6 Å². The van der Waals surface area contributed by atoms with Gasteiger partial charge in [0.05, 0.1) is 6.10 Å². The third-order valence-electron chi connectivity index (χ3n) is 2.60. The van der Waals surface area contributed by atoms with Crippen LogP contribution < -0.4 is 5.32 Å². The molecule has 86 valence electrons. The smallest absolute Gasteiger partial charge is 0.328 e. The second kappa shape index (κ2) is 5.88. The maximum Gasteiger partial charge on any atom is 0.328 e. The molecule has 0 spiro atoms. The molecular weight excluding hydrogens is 194 g/mol. The van der Waals surface area contributed by atoms with Crippen LogP contribution in [0.3, 0.4) is 0 Å². The van der Waals surface area contributed by atoms with Crippen molar-refractivity contribution in [2.45, 2.75) is 38.8 Å². The minimum absolute atomic E-state index is 0.280. The number of aliphatic carboxylic acids is 1. The summed E-state index contributed by atoms with van der Waals surface area (Å²) >= 11 is 0. The molecular formula is C11H19NO3. The third kappa shape index (κ3) is 4.44. The summed E-state index contributed by atoms with van der Waals surface area (Å²) in [7, 11) is 0. The molecule has 1 aliphatic rings. The van der Waals surface area contributed by atoms with Gasteiger partial charge in [-0.15, -0.1) is 0 Å². The number of hydrogen-bond acceptors (Lipinski definition) is 3. The van der Waals surface area contributed by atoms with E-state index in [-0.39, 0.29) is 12.1 Å². The predicted octanol–water partition coefficient (Wildman–Crippen LogP) is 1.17. The zero-order valence-corrected chi connectivity index (χ0v) is 9.32. The minimum Gasteiger partial charge on any atom is -0.478 e. The van der Waals surface area contributed by atoms with E-state index in [2.05, 4.69) is 12.2 Å². The molecule has 0 saturated carbocycles. The summed E-state index contributed by atoms with van der Waals surface area (Å²) in [4.78, 5) is 10.4. The van der Waals surface area contributed by atoms with Crippen molar-refractivity contribution in [3.63, 3.8) is 0 Å². The molecule has 0 amide bonds. The Kier molecular flexibility index (Phi) is 4.78. The van der Waals surface area contributed by atoms with Crippen molar-refractivity contribution in [2.75, 3.05) is 13.2 Å². The first-order chi connectivity index (χ1) is 7.09. The molecule has 15 heavy (non-hydrogen) atoms. The van der Waals surface area contributed by atoms with Gasteiger partial charge >= 0.3 is 5.97 Å². The van der Waals surface area contributed by atoms with Gasteiger partial charge in [-0.3, -0.25) is 0 Å². The fraction of sp³-hybridized carbons (Fsp3) is 0.727. The molecule has 0 aromatic rings. The van der Waals surface area contributed by atoms with Crippen LogP contribution in [0, 0.1) is 0 Å². The molecule has 4 nitrogen and oxygen atoms in total. The first-order valence-corrected chi connectivity index (χ1v) is 5.34. The van der Waals surface area contributed by atoms with Gasteiger partial charge in [0.2, 0.25) is 0 Å². The number of nitrogens with one attached hydrogen (secondary N) is 1. The van der Waals surface area contributed by atoms with Crippen LogP contribution in [0.1, 0.15) is 26.7 Å². The zero-order valence-electron chi connectivity index (χ0n) is 9.32. The molecule has 2 unspecified atom stereocenters. The summed E-state index contributed by atoms with van der Waals surface area (Å²) in [5.74, 6) is -0.890. The minimum atomic E-state index is -0.890. The average Bonchev–Trinajstić information content (AvgIpc) is 2.65. The monoisotopic (exact) mass is 213 g/mol. The highest BCUT2D eigenvalue weighted by Gasteiger charge is 2.21. The largest absolute Gasteiger partial charge is 0.478 e. The lowest BCUT2D eigenvalue weighted by molar-refractivity contribution is -0.131. The lowest BCUT2D eigenvalue weighted by atomic mass is 10.1. The van der Waals surface area contributed by atoms with Crippen LogP contribution in [-0.2, 0) is 9.53 Å². The number of hydrogen-bond donors (Lipinski definition) is 2. The van der Waals surface area contributed by atoms with E-state index >= 15 is 0 Å². The van der Waals surface area contributed by atoms with Crippen LogP contribution in [0.4, 0.5) is 0 Å². The van der Waals surface area contributed by atoms with Gasteiger partial charge in [-0.25, -0.2) is 4.79 Å². The van der Waals surface area contributed by atoms with Gasteiger partial charge in [0.15, 0.2) is 0 Å². The summed E-state index contributed by atoms with van der Waals surface area (Å²) in [6.07, 6.45) is 3.73. The molecule has 2 atom stereocenters. The maximum absolute atomic E-state index is 10.4. The van der Waals surface area contributed by atoms with Crippen LogP contribution in [0.15, 0.2) is 11.6 Å². The Bertz CT molecular complexity index is 244. The maximum atomic E-state index is 10.4. The number of carbonyl (C=O) groups is 1. The van der Waals surface area contributed by atoms with E-state index in [4.69, 9.17) is 9.84 Å². The number of carboxylic acids is 1. The molecule has 0 aromatic heterocycles. The van der Waals surface area contributed by atoms with Crippen molar-refractivity contribution in [3.8, 4) is 0 Å². The van der Waals surface area contributed by atoms with Crippen LogP contribution >= 0.6 is 0 Å². The summed E-state index contributed by atoms with van der Waals surface area (Å²) in [5, 5.41) is 11.8. The standard InChI is InChI=1S/C11H19NO3/c1-8(6-11(13)14)7-12-9(2)10-4-3-5-15-10/h6,9-10,12H,3-5,7H2,1-2H3,(H,13,14). The highest BCUT2D eigenvalue weighted by atomic mass is 16.5. The van der Waals surface area contributed by atoms with Gasteiger partial charge in [-0.1, -0.05) is 5.57 Å². The summed E-state index contributed by atoms with van der Waals surface area (Å²) in [6.45, 7) is 5.33. The molecule has 0 aromatic carbocycles. The van der Waals surface area contributed by atoms with Gasteiger partial charge < -0.3 is 15.2 Å². The molecule has 0 bridgehead atoms. The van der Waals surface area contributed by atoms with E-state index in [1.54, 1.807) is 0 Å². The highest BCUT2D eigenvalue weighted by molar-refractivity contribution is 5.80. The predicted molar refractivity (Wildman–Crippen MR) is 57.8 cm³/mol. The van der Waals surface area contributed by atoms with Crippen molar-refractivity contribution in [1.82, 2.24) is 5.32 Å². The number of rotatable bonds is 5. The molecule has 1 fully saturated rings. The molecule has 0 radical (unpaired) electrons. The van der Waals surface area contributed by atoms with E-state index in [1.807, 2.05) is 6.92 Å². The summed E-state index contributed by atoms with van der Waals surface area (Å²) in [5.41, 5.74) is 0.826. The van der Waals surface area contributed by atoms with Gasteiger partial charge in [0, 0.05) is 25.3 Å². The highest BCUT2D eigenvalue weighted by Crippen LogP contribution is 2.15. The lowest BCUT2D eigenvalue weighted by Gasteiger charge is -2.20. The lowest BCUT2D eigenvalue weighted by Crippen LogP contribution is -2.37. The van der Waals surface area contributed by atoms with E-state index in [0.29, 0.717) is 6.54 Å². The summed E-state index contributed by atoms with van der Waals surface area (Å²) < 4.78 is 5.53. The Morgan fingerprint density at radius 3 is 3.00 bits per heavy atom. The normalized spacial score (nSPS) is 24.1. The molecule has 0 aliphatic carbocycles. The first kappa shape index (κ1) is 12.2. The Balaban J connectivity index is 2.26. The molecule has 4 heteroatoms. The second-order valence-electron chi connectivity index (χ2n) is 4.05. The van der Waals surface area contributed by atoms with Gasteiger partial charge in [0.1, 0.15) is 0 Å². The molecule has 1 aliphatic heterocycles. The van der Waals surface area contributed by atoms with Crippen LogP contribution in [-0.4, -0.2) is 36.4 Å². The van der Waals surface area contributed by atoms with E-state index in [0.717, 1.165) is 25.0 Å². The first-order valence-electron chi connectivity index (χ1n) is 5.34. The van der Waals surface area contributed by atoms with Gasteiger partial charge in [-0.05, 0) is 26.7 Å². The van der Waals surface area contributed by atoms with Crippen molar-refractivity contribution >= 4 is 5.97 Å². The van der Waals surface area contributed by atoms with Crippen molar-refractivity contribution in [2.24, 2.45) is 0 Å². The second-order valence-corrected chi connectivity index (χ2v) is 4.05. The van der Waals surface area contributed by atoms with Crippen LogP contribution in [0.2, 0.25) is 0 Å². The fourth-order valence-electron chi connectivity index (χ4n) is 1.71. The van der Waals surface area contributed by atoms with Crippen molar-refractivity contribution in [1.29, 1.82) is 0 Å². The Hall–Kier alpha value is -0.870.